The minimum Gasteiger partial charge on any atom is -0.493 e. The molecule has 1 amide bonds. The topological polar surface area (TPSA) is 41.6 Å². The second-order valence-electron chi connectivity index (χ2n) is 7.63. The SMILES string of the molecule is CNCC1CCN(C(=O)c2ccc(OCC3CCCCC3)cc2)CC1.Cl. The van der Waals surface area contributed by atoms with Crippen LogP contribution < -0.4 is 10.1 Å². The highest BCUT2D eigenvalue weighted by molar-refractivity contribution is 5.94. The number of likely N-dealkylation sites (tertiary alicyclic amines) is 1. The maximum absolute atomic E-state index is 12.7. The van der Waals surface area contributed by atoms with Crippen molar-refractivity contribution in [1.29, 1.82) is 0 Å². The van der Waals surface area contributed by atoms with E-state index < -0.39 is 0 Å². The molecule has 1 N–H and O–H groups in total. The zero-order valence-corrected chi connectivity index (χ0v) is 16.7. The molecule has 2 aliphatic rings. The third-order valence-electron chi connectivity index (χ3n) is 5.71. The van der Waals surface area contributed by atoms with Crippen molar-refractivity contribution in [2.45, 2.75) is 44.9 Å². The number of nitrogens with zero attached hydrogens (tertiary/aromatic N) is 1. The Labute approximate surface area is 164 Å². The number of piperidine rings is 1. The van der Waals surface area contributed by atoms with Gasteiger partial charge < -0.3 is 15.0 Å². The lowest BCUT2D eigenvalue weighted by Gasteiger charge is -2.32. The van der Waals surface area contributed by atoms with Crippen molar-refractivity contribution in [2.24, 2.45) is 11.8 Å². The van der Waals surface area contributed by atoms with Crippen LogP contribution in [-0.4, -0.2) is 44.1 Å². The van der Waals surface area contributed by atoms with Crippen molar-refractivity contribution >= 4 is 18.3 Å². The van der Waals surface area contributed by atoms with E-state index in [0.29, 0.717) is 11.8 Å². The number of hydrogen-bond donors (Lipinski definition) is 1. The van der Waals surface area contributed by atoms with Gasteiger partial charge in [-0.1, -0.05) is 19.3 Å². The van der Waals surface area contributed by atoms with E-state index in [-0.39, 0.29) is 18.3 Å². The molecule has 0 unspecified atom stereocenters. The van der Waals surface area contributed by atoms with Crippen molar-refractivity contribution in [3.8, 4) is 5.75 Å². The average molecular weight is 381 g/mol. The van der Waals surface area contributed by atoms with Crippen LogP contribution in [0, 0.1) is 11.8 Å². The Bertz CT molecular complexity index is 535. The smallest absolute Gasteiger partial charge is 0.253 e. The number of benzene rings is 1. The summed E-state index contributed by atoms with van der Waals surface area (Å²) in [5.74, 6) is 2.44. The standard InChI is InChI=1S/C21H32N2O2.ClH/c1-22-15-17-11-13-23(14-12-17)21(24)19-7-9-20(10-8-19)25-16-18-5-3-2-4-6-18;/h7-10,17-18,22H,2-6,11-16H2,1H3;1H. The summed E-state index contributed by atoms with van der Waals surface area (Å²) >= 11 is 0. The first-order valence-corrected chi connectivity index (χ1v) is 9.93. The number of halogens is 1. The molecule has 0 aromatic heterocycles. The Hall–Kier alpha value is -1.26. The molecular formula is C21H33ClN2O2. The van der Waals surface area contributed by atoms with Gasteiger partial charge in [0.25, 0.3) is 5.91 Å². The van der Waals surface area contributed by atoms with Crippen LogP contribution >= 0.6 is 12.4 Å². The molecule has 3 rings (SSSR count). The number of nitrogens with one attached hydrogen (secondary N) is 1. The van der Waals surface area contributed by atoms with E-state index in [0.717, 1.165) is 50.4 Å². The molecule has 1 aliphatic carbocycles. The number of carbonyl (C=O) groups excluding carboxylic acids is 1. The van der Waals surface area contributed by atoms with E-state index in [1.165, 1.54) is 32.1 Å². The van der Waals surface area contributed by atoms with Gasteiger partial charge in [-0.2, -0.15) is 0 Å². The van der Waals surface area contributed by atoms with E-state index in [2.05, 4.69) is 5.32 Å². The van der Waals surface area contributed by atoms with Crippen molar-refractivity contribution in [1.82, 2.24) is 10.2 Å². The predicted octanol–water partition coefficient (Wildman–Crippen LogP) is 4.14. The molecule has 1 heterocycles. The summed E-state index contributed by atoms with van der Waals surface area (Å²) in [5, 5.41) is 3.24. The number of amides is 1. The van der Waals surface area contributed by atoms with Crippen LogP contribution in [0.15, 0.2) is 24.3 Å². The Balaban J connectivity index is 0.00000243. The number of carbonyl (C=O) groups is 1. The fourth-order valence-corrected chi connectivity index (χ4v) is 4.07. The largest absolute Gasteiger partial charge is 0.493 e. The Morgan fingerprint density at radius 1 is 1.04 bits per heavy atom. The molecule has 4 nitrogen and oxygen atoms in total. The molecule has 26 heavy (non-hydrogen) atoms. The minimum absolute atomic E-state index is 0. The van der Waals surface area contributed by atoms with Crippen molar-refractivity contribution in [2.75, 3.05) is 33.3 Å². The van der Waals surface area contributed by atoms with E-state index >= 15 is 0 Å². The fourth-order valence-electron chi connectivity index (χ4n) is 4.07. The van der Waals surface area contributed by atoms with Crippen LogP contribution in [0.3, 0.4) is 0 Å². The van der Waals surface area contributed by atoms with Crippen LogP contribution in [0.2, 0.25) is 0 Å². The van der Waals surface area contributed by atoms with Gasteiger partial charge in [0.2, 0.25) is 0 Å². The van der Waals surface area contributed by atoms with Gasteiger partial charge in [-0.25, -0.2) is 0 Å². The molecule has 0 spiro atoms. The minimum atomic E-state index is 0. The Morgan fingerprint density at radius 3 is 2.31 bits per heavy atom. The summed E-state index contributed by atoms with van der Waals surface area (Å²) in [7, 11) is 2.00. The van der Waals surface area contributed by atoms with Crippen molar-refractivity contribution in [3.63, 3.8) is 0 Å². The van der Waals surface area contributed by atoms with Gasteiger partial charge in [0.05, 0.1) is 6.61 Å². The molecule has 0 bridgehead atoms. The van der Waals surface area contributed by atoms with Crippen LogP contribution in [0.1, 0.15) is 55.3 Å². The summed E-state index contributed by atoms with van der Waals surface area (Å²) in [5.41, 5.74) is 0.775. The summed E-state index contributed by atoms with van der Waals surface area (Å²) in [6.07, 6.45) is 8.82. The molecule has 0 atom stereocenters. The molecule has 1 aliphatic heterocycles. The maximum Gasteiger partial charge on any atom is 0.253 e. The molecule has 2 fully saturated rings. The lowest BCUT2D eigenvalue weighted by atomic mass is 9.90. The first kappa shape index (κ1) is 21.0. The normalized spacial score (nSPS) is 19.0. The molecule has 0 radical (unpaired) electrons. The van der Waals surface area contributed by atoms with Gasteiger partial charge in [0, 0.05) is 18.7 Å². The molecule has 1 aromatic carbocycles. The molecule has 1 aromatic rings. The van der Waals surface area contributed by atoms with Crippen molar-refractivity contribution < 1.29 is 9.53 Å². The maximum atomic E-state index is 12.7. The van der Waals surface area contributed by atoms with Gasteiger partial charge in [-0.3, -0.25) is 4.79 Å². The number of ether oxygens (including phenoxy) is 1. The van der Waals surface area contributed by atoms with E-state index in [1.54, 1.807) is 0 Å². The van der Waals surface area contributed by atoms with Gasteiger partial charge in [0.15, 0.2) is 0 Å². The van der Waals surface area contributed by atoms with Crippen LogP contribution in [-0.2, 0) is 0 Å². The summed E-state index contributed by atoms with van der Waals surface area (Å²) in [4.78, 5) is 14.6. The molecule has 146 valence electrons. The monoisotopic (exact) mass is 380 g/mol. The first-order valence-electron chi connectivity index (χ1n) is 9.93. The van der Waals surface area contributed by atoms with Gasteiger partial charge in [-0.15, -0.1) is 12.4 Å². The van der Waals surface area contributed by atoms with Crippen LogP contribution in [0.5, 0.6) is 5.75 Å². The lowest BCUT2D eigenvalue weighted by molar-refractivity contribution is 0.0691. The van der Waals surface area contributed by atoms with E-state index in [1.807, 2.05) is 36.2 Å². The lowest BCUT2D eigenvalue weighted by Crippen LogP contribution is -2.40. The van der Waals surface area contributed by atoms with E-state index in [4.69, 9.17) is 4.74 Å². The molecule has 5 heteroatoms. The summed E-state index contributed by atoms with van der Waals surface area (Å²) in [6.45, 7) is 3.59. The third kappa shape index (κ3) is 5.88. The first-order chi connectivity index (χ1) is 12.3. The van der Waals surface area contributed by atoms with Gasteiger partial charge in [-0.05, 0) is 75.4 Å². The highest BCUT2D eigenvalue weighted by Gasteiger charge is 2.23. The Morgan fingerprint density at radius 2 is 1.69 bits per heavy atom. The highest BCUT2D eigenvalue weighted by atomic mass is 35.5. The third-order valence-corrected chi connectivity index (χ3v) is 5.71. The van der Waals surface area contributed by atoms with Gasteiger partial charge >= 0.3 is 0 Å². The average Bonchev–Trinajstić information content (AvgIpc) is 2.68. The number of rotatable bonds is 6. The second kappa shape index (κ2) is 10.8. The fraction of sp³-hybridized carbons (Fsp3) is 0.667. The molecule has 1 saturated carbocycles. The quantitative estimate of drug-likeness (QED) is 0.806. The predicted molar refractivity (Wildman–Crippen MR) is 108 cm³/mol. The summed E-state index contributed by atoms with van der Waals surface area (Å²) < 4.78 is 5.93. The van der Waals surface area contributed by atoms with E-state index in [9.17, 15) is 4.79 Å². The van der Waals surface area contributed by atoms with Crippen LogP contribution in [0.25, 0.3) is 0 Å². The zero-order chi connectivity index (χ0) is 17.5. The molecule has 1 saturated heterocycles. The summed E-state index contributed by atoms with van der Waals surface area (Å²) in [6, 6.07) is 7.73. The number of hydrogen-bond acceptors (Lipinski definition) is 3. The Kier molecular flexibility index (Phi) is 8.73. The van der Waals surface area contributed by atoms with Gasteiger partial charge in [0.1, 0.15) is 5.75 Å². The zero-order valence-electron chi connectivity index (χ0n) is 15.9. The van der Waals surface area contributed by atoms with Crippen LogP contribution in [0.4, 0.5) is 0 Å². The second-order valence-corrected chi connectivity index (χ2v) is 7.63. The highest BCUT2D eigenvalue weighted by Crippen LogP contribution is 2.25. The van der Waals surface area contributed by atoms with Crippen molar-refractivity contribution in [3.05, 3.63) is 29.8 Å². The molecular weight excluding hydrogens is 348 g/mol.